The number of ketones is 1. The zero-order chi connectivity index (χ0) is 24.4. The molecule has 0 aliphatic rings. The second-order valence-corrected chi connectivity index (χ2v) is 8.04. The quantitative estimate of drug-likeness (QED) is 0.134. The molecule has 0 aromatic rings. The Hall–Kier alpha value is -1.96. The van der Waals surface area contributed by atoms with Gasteiger partial charge in [-0.2, -0.15) is 0 Å². The number of Topliss-reactive ketones (excluding diaryl/α,β-unsaturated/α-hetero) is 1. The summed E-state index contributed by atoms with van der Waals surface area (Å²) in [7, 11) is 0. The van der Waals surface area contributed by atoms with Crippen molar-refractivity contribution >= 4 is 23.7 Å². The third-order valence-corrected chi connectivity index (χ3v) is 5.06. The lowest BCUT2D eigenvalue weighted by Gasteiger charge is -2.31. The predicted molar refractivity (Wildman–Crippen MR) is 120 cm³/mol. The highest BCUT2D eigenvalue weighted by Crippen LogP contribution is 2.29. The number of ether oxygens (including phenoxy) is 3. The van der Waals surface area contributed by atoms with Gasteiger partial charge < -0.3 is 19.3 Å². The van der Waals surface area contributed by atoms with Crippen LogP contribution in [-0.4, -0.2) is 54.2 Å². The second kappa shape index (κ2) is 17.6. The van der Waals surface area contributed by atoms with Crippen molar-refractivity contribution in [2.75, 3.05) is 19.8 Å². The molecule has 8 heteroatoms. The van der Waals surface area contributed by atoms with E-state index in [0.717, 1.165) is 32.1 Å². The summed E-state index contributed by atoms with van der Waals surface area (Å²) < 4.78 is 15.4. The molecule has 0 rings (SSSR count). The predicted octanol–water partition coefficient (Wildman–Crippen LogP) is 3.90. The molecule has 0 saturated heterocycles. The first-order valence-electron chi connectivity index (χ1n) is 12.0. The number of unbranched alkanes of at least 4 members (excludes halogenated alkanes) is 5. The van der Waals surface area contributed by atoms with E-state index in [0.29, 0.717) is 25.7 Å². The van der Waals surface area contributed by atoms with Gasteiger partial charge in [0.1, 0.15) is 0 Å². The zero-order valence-electron chi connectivity index (χ0n) is 20.3. The SMILES string of the molecule is CCCCCC(=O)C(C(=O)OCCCC)C(O)(CC(=O)OCCCC)C(=O)OCCCC. The Morgan fingerprint density at radius 3 is 1.75 bits per heavy atom. The number of carbonyl (C=O) groups is 4. The molecule has 0 aliphatic heterocycles. The standard InChI is InChI=1S/C24H42O8/c1-5-9-13-14-19(25)21(22(27)31-16-11-7-3)24(29,23(28)32-17-12-8-4)18-20(26)30-15-10-6-2/h21,29H,5-18H2,1-4H3. The van der Waals surface area contributed by atoms with Crippen molar-refractivity contribution < 1.29 is 38.5 Å². The minimum Gasteiger partial charge on any atom is -0.466 e. The lowest BCUT2D eigenvalue weighted by Crippen LogP contribution is -2.55. The molecule has 0 aromatic heterocycles. The Balaban J connectivity index is 5.86. The number of rotatable bonds is 19. The molecule has 0 heterocycles. The van der Waals surface area contributed by atoms with Crippen molar-refractivity contribution in [1.29, 1.82) is 0 Å². The molecule has 0 amide bonds. The van der Waals surface area contributed by atoms with Crippen molar-refractivity contribution in [2.45, 2.75) is 104 Å². The van der Waals surface area contributed by atoms with E-state index in [-0.39, 0.29) is 26.2 Å². The summed E-state index contributed by atoms with van der Waals surface area (Å²) in [6.07, 6.45) is 5.25. The maximum Gasteiger partial charge on any atom is 0.340 e. The monoisotopic (exact) mass is 458 g/mol. The van der Waals surface area contributed by atoms with Gasteiger partial charge in [0.05, 0.1) is 26.2 Å². The van der Waals surface area contributed by atoms with Gasteiger partial charge in [0.15, 0.2) is 17.3 Å². The van der Waals surface area contributed by atoms with Gasteiger partial charge in [0.25, 0.3) is 0 Å². The summed E-state index contributed by atoms with van der Waals surface area (Å²) in [4.78, 5) is 51.1. The summed E-state index contributed by atoms with van der Waals surface area (Å²) in [6.45, 7) is 7.87. The molecule has 0 spiro atoms. The molecule has 0 aliphatic carbocycles. The van der Waals surface area contributed by atoms with Gasteiger partial charge in [-0.05, 0) is 25.7 Å². The summed E-state index contributed by atoms with van der Waals surface area (Å²) in [6, 6.07) is 0. The Bertz CT molecular complexity index is 552. The van der Waals surface area contributed by atoms with E-state index in [1.165, 1.54) is 0 Å². The largest absolute Gasteiger partial charge is 0.466 e. The lowest BCUT2D eigenvalue weighted by molar-refractivity contribution is -0.188. The maximum absolute atomic E-state index is 13.0. The van der Waals surface area contributed by atoms with E-state index < -0.39 is 41.6 Å². The average molecular weight is 459 g/mol. The number of carbonyl (C=O) groups excluding carboxylic acids is 4. The minimum absolute atomic E-state index is 0.00412. The summed E-state index contributed by atoms with van der Waals surface area (Å²) in [5, 5.41) is 11.3. The number of esters is 3. The van der Waals surface area contributed by atoms with Crippen LogP contribution in [0.4, 0.5) is 0 Å². The van der Waals surface area contributed by atoms with Crippen LogP contribution in [0.3, 0.4) is 0 Å². The van der Waals surface area contributed by atoms with Gasteiger partial charge in [-0.1, -0.05) is 59.8 Å². The van der Waals surface area contributed by atoms with Crippen molar-refractivity contribution in [3.05, 3.63) is 0 Å². The fourth-order valence-corrected chi connectivity index (χ4v) is 3.01. The average Bonchev–Trinajstić information content (AvgIpc) is 2.74. The van der Waals surface area contributed by atoms with Gasteiger partial charge in [-0.15, -0.1) is 0 Å². The fourth-order valence-electron chi connectivity index (χ4n) is 3.01. The van der Waals surface area contributed by atoms with Crippen LogP contribution >= 0.6 is 0 Å². The molecular weight excluding hydrogens is 416 g/mol. The Morgan fingerprint density at radius 2 is 1.22 bits per heavy atom. The highest BCUT2D eigenvalue weighted by atomic mass is 16.6. The number of hydrogen-bond acceptors (Lipinski definition) is 8. The molecule has 0 bridgehead atoms. The van der Waals surface area contributed by atoms with Crippen LogP contribution in [0.1, 0.15) is 98.3 Å². The molecule has 0 saturated carbocycles. The summed E-state index contributed by atoms with van der Waals surface area (Å²) >= 11 is 0. The highest BCUT2D eigenvalue weighted by Gasteiger charge is 2.55. The van der Waals surface area contributed by atoms with Crippen LogP contribution in [0, 0.1) is 5.92 Å². The highest BCUT2D eigenvalue weighted by molar-refractivity contribution is 6.06. The van der Waals surface area contributed by atoms with Gasteiger partial charge in [-0.3, -0.25) is 14.4 Å². The lowest BCUT2D eigenvalue weighted by atomic mass is 9.80. The molecule has 32 heavy (non-hydrogen) atoms. The molecule has 0 aromatic carbocycles. The number of hydrogen-bond donors (Lipinski definition) is 1. The van der Waals surface area contributed by atoms with Crippen LogP contribution in [-0.2, 0) is 33.4 Å². The first-order valence-corrected chi connectivity index (χ1v) is 12.0. The van der Waals surface area contributed by atoms with Crippen LogP contribution in [0.2, 0.25) is 0 Å². The van der Waals surface area contributed by atoms with E-state index in [4.69, 9.17) is 14.2 Å². The van der Waals surface area contributed by atoms with Crippen LogP contribution in [0.25, 0.3) is 0 Å². The van der Waals surface area contributed by atoms with Crippen molar-refractivity contribution in [3.63, 3.8) is 0 Å². The summed E-state index contributed by atoms with van der Waals surface area (Å²) in [5.74, 6) is -5.56. The van der Waals surface area contributed by atoms with Crippen LogP contribution in [0.15, 0.2) is 0 Å². The van der Waals surface area contributed by atoms with E-state index >= 15 is 0 Å². The molecule has 1 N–H and O–H groups in total. The number of aliphatic hydroxyl groups is 1. The molecular formula is C24H42O8. The Morgan fingerprint density at radius 1 is 0.719 bits per heavy atom. The fraction of sp³-hybridized carbons (Fsp3) is 0.833. The van der Waals surface area contributed by atoms with Crippen molar-refractivity contribution in [1.82, 2.24) is 0 Å². The Labute approximate surface area is 192 Å². The normalized spacial score (nSPS) is 13.7. The molecule has 186 valence electrons. The van der Waals surface area contributed by atoms with Crippen LogP contribution < -0.4 is 0 Å². The first-order chi connectivity index (χ1) is 15.3. The van der Waals surface area contributed by atoms with Gasteiger partial charge in [-0.25, -0.2) is 4.79 Å². The van der Waals surface area contributed by atoms with Crippen LogP contribution in [0.5, 0.6) is 0 Å². The minimum atomic E-state index is -2.68. The van der Waals surface area contributed by atoms with Crippen molar-refractivity contribution in [2.24, 2.45) is 5.92 Å². The maximum atomic E-state index is 13.0. The van der Waals surface area contributed by atoms with Gasteiger partial charge in [0.2, 0.25) is 0 Å². The second-order valence-electron chi connectivity index (χ2n) is 8.04. The van der Waals surface area contributed by atoms with E-state index in [1.807, 2.05) is 27.7 Å². The van der Waals surface area contributed by atoms with Gasteiger partial charge in [0, 0.05) is 6.42 Å². The van der Waals surface area contributed by atoms with E-state index in [2.05, 4.69) is 0 Å². The molecule has 2 atom stereocenters. The molecule has 0 radical (unpaired) electrons. The smallest absolute Gasteiger partial charge is 0.340 e. The Kier molecular flexibility index (Phi) is 16.5. The summed E-state index contributed by atoms with van der Waals surface area (Å²) in [5.41, 5.74) is -2.68. The van der Waals surface area contributed by atoms with E-state index in [9.17, 15) is 24.3 Å². The zero-order valence-corrected chi connectivity index (χ0v) is 20.3. The van der Waals surface area contributed by atoms with Gasteiger partial charge >= 0.3 is 17.9 Å². The molecule has 2 unspecified atom stereocenters. The van der Waals surface area contributed by atoms with Crippen molar-refractivity contribution in [3.8, 4) is 0 Å². The molecule has 8 nitrogen and oxygen atoms in total. The third-order valence-electron chi connectivity index (χ3n) is 5.06. The first kappa shape index (κ1) is 30.0. The van der Waals surface area contributed by atoms with E-state index in [1.54, 1.807) is 0 Å². The third kappa shape index (κ3) is 11.1. The topological polar surface area (TPSA) is 116 Å². The molecule has 0 fully saturated rings.